The highest BCUT2D eigenvalue weighted by atomic mass is 32.1. The van der Waals surface area contributed by atoms with Crippen LogP contribution < -0.4 is 10.5 Å². The normalized spacial score (nSPS) is 13.0. The Morgan fingerprint density at radius 3 is 2.02 bits per heavy atom. The van der Waals surface area contributed by atoms with E-state index < -0.39 is 0 Å². The van der Waals surface area contributed by atoms with Crippen LogP contribution in [0, 0.1) is 0 Å². The standard InChI is InChI=1S/C33H27N5OS/c39-33-30(32-34-18-19-40-32)36-29-28(37(21-23-10-4-1-5-11-23)22-24-12-6-2-7-13-24)20-27(25-14-8-3-9-15-25)35-31(29)38(33)26-16-17-26/h1-15,18-20,26H,16-17,21-22H2. The molecule has 6 aromatic rings. The van der Waals surface area contributed by atoms with Crippen molar-refractivity contribution in [2.24, 2.45) is 0 Å². The third-order valence-electron chi connectivity index (χ3n) is 7.22. The Morgan fingerprint density at radius 1 is 0.825 bits per heavy atom. The maximum Gasteiger partial charge on any atom is 0.281 e. The summed E-state index contributed by atoms with van der Waals surface area (Å²) in [5.41, 5.74) is 6.80. The van der Waals surface area contributed by atoms with Gasteiger partial charge in [0.05, 0.1) is 11.4 Å². The Morgan fingerprint density at radius 2 is 1.45 bits per heavy atom. The topological polar surface area (TPSA) is 63.9 Å². The molecule has 1 fully saturated rings. The summed E-state index contributed by atoms with van der Waals surface area (Å²) in [5, 5.41) is 2.52. The molecule has 0 aliphatic heterocycles. The quantitative estimate of drug-likeness (QED) is 0.205. The molecule has 0 unspecified atom stereocenters. The molecule has 1 saturated carbocycles. The first kappa shape index (κ1) is 24.4. The van der Waals surface area contributed by atoms with Gasteiger partial charge in [-0.2, -0.15) is 0 Å². The van der Waals surface area contributed by atoms with E-state index in [9.17, 15) is 4.79 Å². The van der Waals surface area contributed by atoms with Gasteiger partial charge in [-0.25, -0.2) is 15.0 Å². The third kappa shape index (κ3) is 4.80. The van der Waals surface area contributed by atoms with E-state index in [4.69, 9.17) is 9.97 Å². The third-order valence-corrected chi connectivity index (χ3v) is 8.00. The lowest BCUT2D eigenvalue weighted by atomic mass is 10.1. The van der Waals surface area contributed by atoms with E-state index in [1.807, 2.05) is 40.3 Å². The minimum Gasteiger partial charge on any atom is -0.361 e. The molecular weight excluding hydrogens is 514 g/mol. The fourth-order valence-electron chi connectivity index (χ4n) is 5.14. The second-order valence-corrected chi connectivity index (χ2v) is 11.0. The Bertz CT molecular complexity index is 1780. The molecular formula is C33H27N5OS. The van der Waals surface area contributed by atoms with Crippen molar-refractivity contribution in [1.29, 1.82) is 0 Å². The van der Waals surface area contributed by atoms with E-state index in [1.165, 1.54) is 22.5 Å². The minimum absolute atomic E-state index is 0.119. The molecule has 1 aliphatic rings. The van der Waals surface area contributed by atoms with Crippen molar-refractivity contribution < 1.29 is 0 Å². The summed E-state index contributed by atoms with van der Waals surface area (Å²) < 4.78 is 1.87. The predicted molar refractivity (Wildman–Crippen MR) is 161 cm³/mol. The number of pyridine rings is 1. The molecule has 0 atom stereocenters. The van der Waals surface area contributed by atoms with Gasteiger partial charge in [0, 0.05) is 36.3 Å². The number of hydrogen-bond acceptors (Lipinski definition) is 6. The summed E-state index contributed by atoms with van der Waals surface area (Å²) in [6.07, 6.45) is 3.64. The average molecular weight is 542 g/mol. The molecule has 3 aromatic heterocycles. The lowest BCUT2D eigenvalue weighted by molar-refractivity contribution is 0.724. The Kier molecular flexibility index (Phi) is 6.42. The lowest BCUT2D eigenvalue weighted by Gasteiger charge is -2.27. The van der Waals surface area contributed by atoms with Crippen LogP contribution in [0.2, 0.25) is 0 Å². The van der Waals surface area contributed by atoms with Crippen molar-refractivity contribution in [3.63, 3.8) is 0 Å². The van der Waals surface area contributed by atoms with Crippen molar-refractivity contribution in [2.45, 2.75) is 32.0 Å². The van der Waals surface area contributed by atoms with Gasteiger partial charge in [0.25, 0.3) is 5.56 Å². The van der Waals surface area contributed by atoms with Gasteiger partial charge in [-0.15, -0.1) is 11.3 Å². The molecule has 3 aromatic carbocycles. The number of benzene rings is 3. The molecule has 0 amide bonds. The second kappa shape index (κ2) is 10.5. The van der Waals surface area contributed by atoms with Gasteiger partial charge in [-0.1, -0.05) is 91.0 Å². The van der Waals surface area contributed by atoms with Crippen molar-refractivity contribution >= 4 is 28.2 Å². The molecule has 0 saturated heterocycles. The molecule has 196 valence electrons. The summed E-state index contributed by atoms with van der Waals surface area (Å²) in [5.74, 6) is 0. The number of thiazole rings is 1. The summed E-state index contributed by atoms with van der Waals surface area (Å²) >= 11 is 1.44. The van der Waals surface area contributed by atoms with E-state index in [1.54, 1.807) is 6.20 Å². The highest BCUT2D eigenvalue weighted by Crippen LogP contribution is 2.39. The van der Waals surface area contributed by atoms with Gasteiger partial charge < -0.3 is 4.90 Å². The molecule has 7 rings (SSSR count). The zero-order valence-electron chi connectivity index (χ0n) is 21.9. The van der Waals surface area contributed by atoms with E-state index in [0.29, 0.717) is 29.4 Å². The van der Waals surface area contributed by atoms with Crippen molar-refractivity contribution in [2.75, 3.05) is 4.90 Å². The maximum absolute atomic E-state index is 13.9. The predicted octanol–water partition coefficient (Wildman–Crippen LogP) is 7.12. The first-order valence-electron chi connectivity index (χ1n) is 13.5. The van der Waals surface area contributed by atoms with Crippen molar-refractivity contribution in [3.8, 4) is 22.0 Å². The lowest BCUT2D eigenvalue weighted by Crippen LogP contribution is -2.27. The molecule has 7 heteroatoms. The van der Waals surface area contributed by atoms with Gasteiger partial charge in [0.15, 0.2) is 11.3 Å². The van der Waals surface area contributed by atoms with E-state index in [0.717, 1.165) is 35.3 Å². The number of hydrogen-bond donors (Lipinski definition) is 0. The Labute approximate surface area is 236 Å². The van der Waals surface area contributed by atoms with Crippen LogP contribution in [0.1, 0.15) is 30.0 Å². The van der Waals surface area contributed by atoms with Crippen LogP contribution in [0.25, 0.3) is 33.1 Å². The second-order valence-electron chi connectivity index (χ2n) is 10.1. The van der Waals surface area contributed by atoms with E-state index in [-0.39, 0.29) is 11.6 Å². The van der Waals surface area contributed by atoms with E-state index >= 15 is 0 Å². The SMILES string of the molecule is O=c1c(-c2nccs2)nc2c(N(Cc3ccccc3)Cc3ccccc3)cc(-c3ccccc3)nc2n1C1CC1. The summed E-state index contributed by atoms with van der Waals surface area (Å²) in [6.45, 7) is 1.36. The summed E-state index contributed by atoms with van der Waals surface area (Å²) in [6, 6.07) is 33.4. The number of fused-ring (bicyclic) bond motifs is 1. The molecule has 0 bridgehead atoms. The highest BCUT2D eigenvalue weighted by Gasteiger charge is 2.31. The first-order chi connectivity index (χ1) is 19.7. The molecule has 0 N–H and O–H groups in total. The fraction of sp³-hybridized carbons (Fsp3) is 0.152. The van der Waals surface area contributed by atoms with Gasteiger partial charge in [-0.05, 0) is 30.0 Å². The van der Waals surface area contributed by atoms with Gasteiger partial charge in [-0.3, -0.25) is 9.36 Å². The maximum atomic E-state index is 13.9. The van der Waals surface area contributed by atoms with Crippen molar-refractivity contribution in [1.82, 2.24) is 19.5 Å². The van der Waals surface area contributed by atoms with Crippen LogP contribution in [0.4, 0.5) is 5.69 Å². The van der Waals surface area contributed by atoms with Crippen LogP contribution in [0.5, 0.6) is 0 Å². The summed E-state index contributed by atoms with van der Waals surface area (Å²) in [4.78, 5) is 30.8. The number of rotatable bonds is 8. The van der Waals surface area contributed by atoms with Crippen LogP contribution in [-0.2, 0) is 13.1 Å². The van der Waals surface area contributed by atoms with Crippen LogP contribution >= 0.6 is 11.3 Å². The fourth-order valence-corrected chi connectivity index (χ4v) is 5.76. The molecule has 0 radical (unpaired) electrons. The first-order valence-corrected chi connectivity index (χ1v) is 14.4. The van der Waals surface area contributed by atoms with Gasteiger partial charge in [0.2, 0.25) is 0 Å². The monoisotopic (exact) mass is 541 g/mol. The Hall–Kier alpha value is -4.62. The van der Waals surface area contributed by atoms with Crippen LogP contribution in [0.15, 0.2) is 113 Å². The summed E-state index contributed by atoms with van der Waals surface area (Å²) in [7, 11) is 0. The number of aromatic nitrogens is 4. The number of anilines is 1. The molecule has 1 aliphatic carbocycles. The zero-order chi connectivity index (χ0) is 26.9. The van der Waals surface area contributed by atoms with Crippen LogP contribution in [0.3, 0.4) is 0 Å². The zero-order valence-corrected chi connectivity index (χ0v) is 22.7. The van der Waals surface area contributed by atoms with Gasteiger partial charge >= 0.3 is 0 Å². The minimum atomic E-state index is -0.119. The smallest absolute Gasteiger partial charge is 0.281 e. The molecule has 3 heterocycles. The Balaban J connectivity index is 1.51. The molecule has 40 heavy (non-hydrogen) atoms. The largest absolute Gasteiger partial charge is 0.361 e. The molecule has 0 spiro atoms. The average Bonchev–Trinajstić information content (AvgIpc) is 3.69. The van der Waals surface area contributed by atoms with E-state index in [2.05, 4.69) is 76.6 Å². The molecule has 6 nitrogen and oxygen atoms in total. The highest BCUT2D eigenvalue weighted by molar-refractivity contribution is 7.13. The van der Waals surface area contributed by atoms with Crippen LogP contribution in [-0.4, -0.2) is 19.5 Å². The van der Waals surface area contributed by atoms with Gasteiger partial charge in [0.1, 0.15) is 10.5 Å². The number of nitrogens with zero attached hydrogens (tertiary/aromatic N) is 5. The van der Waals surface area contributed by atoms with Crippen molar-refractivity contribution in [3.05, 3.63) is 130 Å².